The zero-order chi connectivity index (χ0) is 14.7. The topological polar surface area (TPSA) is 25.4 Å². The number of ether oxygens (including phenoxy) is 1. The molecule has 0 spiro atoms. The Morgan fingerprint density at radius 1 is 1.38 bits per heavy atom. The summed E-state index contributed by atoms with van der Waals surface area (Å²) in [6, 6.07) is 8.68. The molecule has 1 aliphatic rings. The summed E-state index contributed by atoms with van der Waals surface area (Å²) in [7, 11) is 0. The Balaban J connectivity index is 1.66. The summed E-state index contributed by atoms with van der Waals surface area (Å²) in [6.45, 7) is 5.97. The highest BCUT2D eigenvalue weighted by Crippen LogP contribution is 2.25. The molecule has 1 atom stereocenters. The number of rotatable bonds is 4. The van der Waals surface area contributed by atoms with Gasteiger partial charge in [0.2, 0.25) is 0 Å². The Morgan fingerprint density at radius 3 is 2.86 bits per heavy atom. The lowest BCUT2D eigenvalue weighted by atomic mass is 10.1. The highest BCUT2D eigenvalue weighted by atomic mass is 35.5. The van der Waals surface area contributed by atoms with Crippen molar-refractivity contribution in [1.82, 2.24) is 9.88 Å². The van der Waals surface area contributed by atoms with E-state index in [2.05, 4.69) is 41.1 Å². The van der Waals surface area contributed by atoms with Crippen LogP contribution in [0.25, 0.3) is 10.6 Å². The summed E-state index contributed by atoms with van der Waals surface area (Å²) >= 11 is 7.45. The molecule has 0 radical (unpaired) electrons. The fourth-order valence-corrected chi connectivity index (χ4v) is 3.60. The van der Waals surface area contributed by atoms with Crippen molar-refractivity contribution in [3.63, 3.8) is 0 Å². The smallest absolute Gasteiger partial charge is 0.123 e. The minimum atomic E-state index is 0.335. The van der Waals surface area contributed by atoms with Crippen molar-refractivity contribution in [1.29, 1.82) is 0 Å². The van der Waals surface area contributed by atoms with Crippen molar-refractivity contribution in [3.8, 4) is 10.6 Å². The van der Waals surface area contributed by atoms with Crippen LogP contribution in [0.4, 0.5) is 0 Å². The van der Waals surface area contributed by atoms with Crippen LogP contribution in [-0.2, 0) is 17.2 Å². The first kappa shape index (κ1) is 15.0. The van der Waals surface area contributed by atoms with E-state index >= 15 is 0 Å². The van der Waals surface area contributed by atoms with E-state index in [1.54, 1.807) is 11.3 Å². The second kappa shape index (κ2) is 6.88. The van der Waals surface area contributed by atoms with Gasteiger partial charge in [-0.2, -0.15) is 0 Å². The van der Waals surface area contributed by atoms with Crippen LogP contribution in [0.3, 0.4) is 0 Å². The molecule has 0 amide bonds. The van der Waals surface area contributed by atoms with E-state index in [0.717, 1.165) is 42.5 Å². The molecule has 1 aromatic carbocycles. The number of aromatic nitrogens is 1. The monoisotopic (exact) mass is 322 g/mol. The SMILES string of the molecule is CC1CN(Cc2ccc(-c3nc(CCl)cs3)cc2)CCO1. The molecule has 1 aromatic heterocycles. The van der Waals surface area contributed by atoms with Gasteiger partial charge in [-0.05, 0) is 12.5 Å². The van der Waals surface area contributed by atoms with Crippen LogP contribution in [0, 0.1) is 0 Å². The Kier molecular flexibility index (Phi) is 4.91. The quantitative estimate of drug-likeness (QED) is 0.801. The molecule has 112 valence electrons. The minimum absolute atomic E-state index is 0.335. The summed E-state index contributed by atoms with van der Waals surface area (Å²) in [5, 5.41) is 3.06. The van der Waals surface area contributed by atoms with Gasteiger partial charge in [-0.1, -0.05) is 24.3 Å². The highest BCUT2D eigenvalue weighted by molar-refractivity contribution is 7.13. The minimum Gasteiger partial charge on any atom is -0.376 e. The lowest BCUT2D eigenvalue weighted by Crippen LogP contribution is -2.40. The number of morpholine rings is 1. The van der Waals surface area contributed by atoms with Gasteiger partial charge in [-0.3, -0.25) is 4.90 Å². The summed E-state index contributed by atoms with van der Waals surface area (Å²) < 4.78 is 5.58. The van der Waals surface area contributed by atoms with Gasteiger partial charge in [0.15, 0.2) is 0 Å². The maximum atomic E-state index is 5.80. The predicted octanol–water partition coefficient (Wildman–Crippen LogP) is 3.77. The van der Waals surface area contributed by atoms with Crippen molar-refractivity contribution in [3.05, 3.63) is 40.9 Å². The molecule has 2 aromatic rings. The molecule has 3 rings (SSSR count). The van der Waals surface area contributed by atoms with Crippen LogP contribution in [0.15, 0.2) is 29.6 Å². The standard InChI is InChI=1S/C16H19ClN2OS/c1-12-9-19(6-7-20-12)10-13-2-4-14(5-3-13)16-18-15(8-17)11-21-16/h2-5,11-12H,6-10H2,1H3. The Hall–Kier alpha value is -0.940. The van der Waals surface area contributed by atoms with Crippen LogP contribution < -0.4 is 0 Å². The number of thiazole rings is 1. The molecule has 3 nitrogen and oxygen atoms in total. The van der Waals surface area contributed by atoms with E-state index in [4.69, 9.17) is 16.3 Å². The zero-order valence-electron chi connectivity index (χ0n) is 12.1. The van der Waals surface area contributed by atoms with Gasteiger partial charge in [0, 0.05) is 30.6 Å². The van der Waals surface area contributed by atoms with Crippen molar-refractivity contribution in [2.45, 2.75) is 25.5 Å². The molecule has 1 fully saturated rings. The van der Waals surface area contributed by atoms with E-state index in [1.165, 1.54) is 5.56 Å². The first-order valence-corrected chi connectivity index (χ1v) is 8.59. The molecule has 1 aliphatic heterocycles. The van der Waals surface area contributed by atoms with Crippen molar-refractivity contribution in [2.24, 2.45) is 0 Å². The van der Waals surface area contributed by atoms with Crippen LogP contribution in [0.2, 0.25) is 0 Å². The number of alkyl halides is 1. The van der Waals surface area contributed by atoms with Crippen LogP contribution in [0.5, 0.6) is 0 Å². The molecular weight excluding hydrogens is 304 g/mol. The summed E-state index contributed by atoms with van der Waals surface area (Å²) in [5.41, 5.74) is 3.44. The van der Waals surface area contributed by atoms with Crippen molar-refractivity contribution in [2.75, 3.05) is 19.7 Å². The number of nitrogens with zero attached hydrogens (tertiary/aromatic N) is 2. The summed E-state index contributed by atoms with van der Waals surface area (Å²) in [5.74, 6) is 0.476. The Bertz CT molecular complexity index is 584. The Morgan fingerprint density at radius 2 is 2.19 bits per heavy atom. The number of halogens is 1. The molecule has 5 heteroatoms. The van der Waals surface area contributed by atoms with Crippen molar-refractivity contribution >= 4 is 22.9 Å². The summed E-state index contributed by atoms with van der Waals surface area (Å²) in [4.78, 5) is 6.96. The van der Waals surface area contributed by atoms with E-state index in [-0.39, 0.29) is 0 Å². The fourth-order valence-electron chi connectivity index (χ4n) is 2.55. The predicted molar refractivity (Wildman–Crippen MR) is 87.8 cm³/mol. The van der Waals surface area contributed by atoms with Gasteiger partial charge in [0.05, 0.1) is 24.3 Å². The fraction of sp³-hybridized carbons (Fsp3) is 0.438. The lowest BCUT2D eigenvalue weighted by molar-refractivity contribution is -0.0212. The van der Waals surface area contributed by atoms with Crippen LogP contribution >= 0.6 is 22.9 Å². The maximum Gasteiger partial charge on any atom is 0.123 e. The molecule has 0 bridgehead atoms. The molecule has 1 unspecified atom stereocenters. The third-order valence-electron chi connectivity index (χ3n) is 3.62. The van der Waals surface area contributed by atoms with Gasteiger partial charge < -0.3 is 4.74 Å². The second-order valence-corrected chi connectivity index (χ2v) is 6.52. The number of hydrogen-bond acceptors (Lipinski definition) is 4. The average Bonchev–Trinajstić information content (AvgIpc) is 2.97. The maximum absolute atomic E-state index is 5.80. The number of benzene rings is 1. The van der Waals surface area contributed by atoms with Crippen LogP contribution in [-0.4, -0.2) is 35.7 Å². The Labute approximate surface area is 134 Å². The first-order valence-electron chi connectivity index (χ1n) is 7.18. The molecule has 2 heterocycles. The van der Waals surface area contributed by atoms with Crippen molar-refractivity contribution < 1.29 is 4.74 Å². The van der Waals surface area contributed by atoms with E-state index in [0.29, 0.717) is 12.0 Å². The lowest BCUT2D eigenvalue weighted by Gasteiger charge is -2.31. The van der Waals surface area contributed by atoms with Gasteiger partial charge in [-0.25, -0.2) is 4.98 Å². The highest BCUT2D eigenvalue weighted by Gasteiger charge is 2.16. The molecule has 0 saturated carbocycles. The molecule has 1 saturated heterocycles. The van der Waals surface area contributed by atoms with Gasteiger partial charge in [0.25, 0.3) is 0 Å². The van der Waals surface area contributed by atoms with E-state index in [9.17, 15) is 0 Å². The average molecular weight is 323 g/mol. The van der Waals surface area contributed by atoms with Gasteiger partial charge >= 0.3 is 0 Å². The molecule has 21 heavy (non-hydrogen) atoms. The second-order valence-electron chi connectivity index (χ2n) is 5.39. The summed E-state index contributed by atoms with van der Waals surface area (Å²) in [6.07, 6.45) is 0.335. The van der Waals surface area contributed by atoms with Gasteiger partial charge in [-0.15, -0.1) is 22.9 Å². The zero-order valence-corrected chi connectivity index (χ0v) is 13.7. The number of hydrogen-bond donors (Lipinski definition) is 0. The third kappa shape index (κ3) is 3.83. The van der Waals surface area contributed by atoms with E-state index < -0.39 is 0 Å². The molecule has 0 N–H and O–H groups in total. The molecular formula is C16H19ClN2OS. The normalized spacial score (nSPS) is 19.8. The first-order chi connectivity index (χ1) is 10.2. The largest absolute Gasteiger partial charge is 0.376 e. The van der Waals surface area contributed by atoms with E-state index in [1.807, 2.05) is 5.38 Å². The third-order valence-corrected chi connectivity index (χ3v) is 4.83. The molecule has 0 aliphatic carbocycles. The van der Waals surface area contributed by atoms with Gasteiger partial charge in [0.1, 0.15) is 5.01 Å². The van der Waals surface area contributed by atoms with Crippen LogP contribution in [0.1, 0.15) is 18.2 Å².